The molecule has 0 saturated heterocycles. The number of benzene rings is 2. The van der Waals surface area contributed by atoms with E-state index >= 15 is 0 Å². The quantitative estimate of drug-likeness (QED) is 0.584. The van der Waals surface area contributed by atoms with Crippen molar-refractivity contribution in [1.29, 1.82) is 0 Å². The van der Waals surface area contributed by atoms with Gasteiger partial charge in [-0.2, -0.15) is 13.2 Å². The lowest BCUT2D eigenvalue weighted by molar-refractivity contribution is -0.209. The molecular formula is C21H15F6N3O. The van der Waals surface area contributed by atoms with E-state index in [0.717, 1.165) is 6.07 Å². The van der Waals surface area contributed by atoms with Crippen LogP contribution in [-0.2, 0) is 10.3 Å². The van der Waals surface area contributed by atoms with E-state index < -0.39 is 54.1 Å². The van der Waals surface area contributed by atoms with Crippen molar-refractivity contribution < 1.29 is 31.1 Å². The zero-order valence-electron chi connectivity index (χ0n) is 15.8. The first-order valence-corrected chi connectivity index (χ1v) is 9.13. The molecule has 2 atom stereocenters. The highest BCUT2D eigenvalue weighted by Gasteiger charge is 2.52. The van der Waals surface area contributed by atoms with Gasteiger partial charge in [0, 0.05) is 22.9 Å². The summed E-state index contributed by atoms with van der Waals surface area (Å²) in [6.07, 6.45) is -8.25. The van der Waals surface area contributed by atoms with E-state index in [1.54, 1.807) is 12.1 Å². The second-order valence-corrected chi connectivity index (χ2v) is 7.20. The molecule has 1 aliphatic heterocycles. The van der Waals surface area contributed by atoms with Crippen LogP contribution in [0.1, 0.15) is 12.0 Å². The highest BCUT2D eigenvalue weighted by molar-refractivity contribution is 5.81. The summed E-state index contributed by atoms with van der Waals surface area (Å²) in [6.45, 7) is -1.42. The molecule has 0 spiro atoms. The summed E-state index contributed by atoms with van der Waals surface area (Å²) in [5, 5.41) is 0.529. The summed E-state index contributed by atoms with van der Waals surface area (Å²) in [5.41, 5.74) is 3.89. The number of hydrogen-bond acceptors (Lipinski definition) is 4. The van der Waals surface area contributed by atoms with Gasteiger partial charge in [-0.3, -0.25) is 0 Å². The molecule has 0 aliphatic carbocycles. The first-order valence-electron chi connectivity index (χ1n) is 9.13. The number of nitrogens with two attached hydrogens (primary N) is 1. The number of halogens is 6. The van der Waals surface area contributed by atoms with Crippen molar-refractivity contribution in [3.63, 3.8) is 0 Å². The Morgan fingerprint density at radius 3 is 2.55 bits per heavy atom. The molecule has 31 heavy (non-hydrogen) atoms. The Bertz CT molecular complexity index is 1180. The molecule has 2 N–H and O–H groups in total. The number of alkyl halides is 4. The fourth-order valence-corrected chi connectivity index (χ4v) is 3.58. The molecule has 3 aromatic rings. The summed E-state index contributed by atoms with van der Waals surface area (Å²) in [7, 11) is 0. The van der Waals surface area contributed by atoms with Gasteiger partial charge in [0.25, 0.3) is 6.02 Å². The second-order valence-electron chi connectivity index (χ2n) is 7.20. The van der Waals surface area contributed by atoms with Gasteiger partial charge in [0.05, 0.1) is 11.2 Å². The molecule has 0 radical (unpaired) electrons. The molecule has 0 fully saturated rings. The molecule has 10 heteroatoms. The van der Waals surface area contributed by atoms with Crippen LogP contribution in [0.5, 0.6) is 0 Å². The molecule has 4 nitrogen and oxygen atoms in total. The third-order valence-electron chi connectivity index (χ3n) is 5.11. The first kappa shape index (κ1) is 21.0. The van der Waals surface area contributed by atoms with Gasteiger partial charge in [0.2, 0.25) is 0 Å². The van der Waals surface area contributed by atoms with Gasteiger partial charge in [0.15, 0.2) is 6.10 Å². The average Bonchev–Trinajstić information content (AvgIpc) is 2.72. The zero-order valence-corrected chi connectivity index (χ0v) is 15.8. The number of amidine groups is 1. The van der Waals surface area contributed by atoms with Crippen LogP contribution in [0.15, 0.2) is 53.5 Å². The van der Waals surface area contributed by atoms with E-state index in [0.29, 0.717) is 22.2 Å². The minimum Gasteiger partial charge on any atom is -0.452 e. The number of rotatable bonds is 3. The molecule has 4 rings (SSSR count). The number of pyridine rings is 1. The van der Waals surface area contributed by atoms with Gasteiger partial charge in [-0.25, -0.2) is 23.1 Å². The fraction of sp³-hybridized carbons (Fsp3) is 0.238. The number of aliphatic imine (C=N–C) groups is 1. The van der Waals surface area contributed by atoms with Crippen LogP contribution >= 0.6 is 0 Å². The Kier molecular flexibility index (Phi) is 5.03. The average molecular weight is 439 g/mol. The maximum atomic E-state index is 14.7. The molecule has 0 saturated carbocycles. The topological polar surface area (TPSA) is 60.5 Å². The van der Waals surface area contributed by atoms with Crippen molar-refractivity contribution in [2.75, 3.05) is 6.67 Å². The lowest BCUT2D eigenvalue weighted by Gasteiger charge is -2.36. The van der Waals surface area contributed by atoms with Crippen LogP contribution in [0.25, 0.3) is 22.2 Å². The Morgan fingerprint density at radius 2 is 1.84 bits per heavy atom. The number of ether oxygens (including phenoxy) is 1. The van der Waals surface area contributed by atoms with Crippen LogP contribution < -0.4 is 5.73 Å². The van der Waals surface area contributed by atoms with E-state index in [1.807, 2.05) is 0 Å². The van der Waals surface area contributed by atoms with Gasteiger partial charge in [-0.05, 0) is 42.5 Å². The van der Waals surface area contributed by atoms with E-state index in [4.69, 9.17) is 5.73 Å². The fourth-order valence-electron chi connectivity index (χ4n) is 3.58. The molecule has 162 valence electrons. The number of hydrogen-bond donors (Lipinski definition) is 1. The molecular weight excluding hydrogens is 424 g/mol. The monoisotopic (exact) mass is 439 g/mol. The lowest BCUT2D eigenvalue weighted by Crippen LogP contribution is -2.48. The summed E-state index contributed by atoms with van der Waals surface area (Å²) in [4.78, 5) is 8.09. The molecule has 1 aromatic heterocycles. The number of nitrogens with zero attached hydrogens (tertiary/aromatic N) is 2. The maximum absolute atomic E-state index is 14.7. The van der Waals surface area contributed by atoms with Crippen LogP contribution in [0.2, 0.25) is 0 Å². The van der Waals surface area contributed by atoms with Gasteiger partial charge in [-0.15, -0.1) is 0 Å². The van der Waals surface area contributed by atoms with Crippen LogP contribution in [0.3, 0.4) is 0 Å². The zero-order chi connectivity index (χ0) is 22.4. The highest BCUT2D eigenvalue weighted by atomic mass is 19.4. The number of aromatic nitrogens is 1. The third-order valence-corrected chi connectivity index (χ3v) is 5.11. The van der Waals surface area contributed by atoms with Crippen molar-refractivity contribution in [2.24, 2.45) is 10.7 Å². The van der Waals surface area contributed by atoms with Gasteiger partial charge in [-0.1, -0.05) is 6.07 Å². The predicted octanol–water partition coefficient (Wildman–Crippen LogP) is 5.01. The minimum atomic E-state index is -4.84. The SMILES string of the molecule is NC1=NC(CF)(c2cc(-c3ccc4cc(F)ccc4n3)ccc2F)CC(C(F)(F)F)O1. The molecule has 1 aliphatic rings. The van der Waals surface area contributed by atoms with E-state index in [2.05, 4.69) is 14.7 Å². The normalized spacial score (nSPS) is 21.6. The highest BCUT2D eigenvalue weighted by Crippen LogP contribution is 2.42. The number of fused-ring (bicyclic) bond motifs is 1. The summed E-state index contributed by atoms with van der Waals surface area (Å²) in [6, 6.07) is 9.79. The van der Waals surface area contributed by atoms with Crippen molar-refractivity contribution in [3.8, 4) is 11.3 Å². The second kappa shape index (κ2) is 7.44. The van der Waals surface area contributed by atoms with Crippen LogP contribution in [-0.4, -0.2) is 30.0 Å². The Hall–Kier alpha value is -3.30. The summed E-state index contributed by atoms with van der Waals surface area (Å²) < 4.78 is 86.4. The largest absolute Gasteiger partial charge is 0.452 e. The predicted molar refractivity (Wildman–Crippen MR) is 102 cm³/mol. The third kappa shape index (κ3) is 3.89. The molecule has 2 unspecified atom stereocenters. The molecule has 0 amide bonds. The van der Waals surface area contributed by atoms with Crippen LogP contribution in [0.4, 0.5) is 26.3 Å². The molecule has 2 heterocycles. The lowest BCUT2D eigenvalue weighted by atomic mass is 9.83. The van der Waals surface area contributed by atoms with Gasteiger partial charge in [0.1, 0.15) is 23.8 Å². The molecule has 0 bridgehead atoms. The summed E-state index contributed by atoms with van der Waals surface area (Å²) in [5.74, 6) is -1.38. The smallest absolute Gasteiger partial charge is 0.425 e. The van der Waals surface area contributed by atoms with Gasteiger partial charge < -0.3 is 10.5 Å². The van der Waals surface area contributed by atoms with Crippen molar-refractivity contribution >= 4 is 16.9 Å². The minimum absolute atomic E-state index is 0.319. The maximum Gasteiger partial charge on any atom is 0.425 e. The van der Waals surface area contributed by atoms with Crippen LogP contribution in [0, 0.1) is 11.6 Å². The van der Waals surface area contributed by atoms with Crippen molar-refractivity contribution in [1.82, 2.24) is 4.98 Å². The standard InChI is InChI=1S/C21H15F6N3O/c22-10-20(9-18(21(25,26)27)31-19(28)30-20)14-8-12(1-4-15(14)24)16-5-2-11-7-13(23)3-6-17(11)29-16/h1-8,18H,9-10H2,(H2,28,30). The Labute approximate surface area is 172 Å². The van der Waals surface area contributed by atoms with Gasteiger partial charge >= 0.3 is 6.18 Å². The van der Waals surface area contributed by atoms with Crippen molar-refractivity contribution in [2.45, 2.75) is 24.2 Å². The van der Waals surface area contributed by atoms with E-state index in [1.165, 1.54) is 30.3 Å². The Balaban J connectivity index is 1.82. The molecule has 2 aromatic carbocycles. The Morgan fingerprint density at radius 1 is 1.06 bits per heavy atom. The van der Waals surface area contributed by atoms with E-state index in [-0.39, 0.29) is 0 Å². The summed E-state index contributed by atoms with van der Waals surface area (Å²) >= 11 is 0. The first-order chi connectivity index (χ1) is 14.6. The van der Waals surface area contributed by atoms with Crippen molar-refractivity contribution in [3.05, 3.63) is 65.7 Å². The van der Waals surface area contributed by atoms with E-state index in [9.17, 15) is 26.3 Å².